The molecule has 1 saturated carbocycles. The third-order valence-electron chi connectivity index (χ3n) is 3.07. The van der Waals surface area contributed by atoms with Gasteiger partial charge in [-0.15, -0.1) is 0 Å². The molecule has 1 aliphatic rings. The second-order valence-electron chi connectivity index (χ2n) is 3.95. The highest BCUT2D eigenvalue weighted by Crippen LogP contribution is 2.31. The third kappa shape index (κ3) is 1.55. The molecule has 3 nitrogen and oxygen atoms in total. The Morgan fingerprint density at radius 1 is 1.15 bits per heavy atom. The van der Waals surface area contributed by atoms with Crippen molar-refractivity contribution in [3.8, 4) is 0 Å². The quantitative estimate of drug-likeness (QED) is 0.682. The van der Waals surface area contributed by atoms with Crippen LogP contribution in [-0.4, -0.2) is 10.2 Å². The molecule has 2 N–H and O–H groups in total. The van der Waals surface area contributed by atoms with E-state index in [0.717, 1.165) is 11.3 Å². The van der Waals surface area contributed by atoms with E-state index in [2.05, 4.69) is 10.2 Å². The summed E-state index contributed by atoms with van der Waals surface area (Å²) in [4.78, 5) is 11.2. The molecule has 0 radical (unpaired) electrons. The number of H-pyrrole nitrogens is 2. The summed E-state index contributed by atoms with van der Waals surface area (Å²) in [6.07, 6.45) is 6.42. The lowest BCUT2D eigenvalue weighted by Crippen LogP contribution is -2.08. The Hall–Kier alpha value is -0.990. The van der Waals surface area contributed by atoms with E-state index >= 15 is 0 Å². The van der Waals surface area contributed by atoms with Crippen molar-refractivity contribution in [2.75, 3.05) is 0 Å². The molecule has 0 aliphatic heterocycles. The fourth-order valence-electron chi connectivity index (χ4n) is 2.23. The first-order valence-corrected chi connectivity index (χ1v) is 5.06. The van der Waals surface area contributed by atoms with Gasteiger partial charge in [-0.25, -0.2) is 0 Å². The van der Waals surface area contributed by atoms with Gasteiger partial charge in [-0.3, -0.25) is 9.89 Å². The monoisotopic (exact) mass is 180 g/mol. The van der Waals surface area contributed by atoms with E-state index in [0.29, 0.717) is 5.92 Å². The van der Waals surface area contributed by atoms with Gasteiger partial charge < -0.3 is 5.10 Å². The summed E-state index contributed by atoms with van der Waals surface area (Å²) < 4.78 is 0. The number of hydrogen-bond donors (Lipinski definition) is 2. The first-order chi connectivity index (χ1) is 6.29. The normalized spacial score (nSPS) is 19.2. The van der Waals surface area contributed by atoms with Crippen LogP contribution in [0.15, 0.2) is 4.79 Å². The van der Waals surface area contributed by atoms with Crippen LogP contribution in [0.1, 0.15) is 49.3 Å². The minimum absolute atomic E-state index is 0.0422. The average Bonchev–Trinajstić information content (AvgIpc) is 2.49. The van der Waals surface area contributed by atoms with Crippen molar-refractivity contribution in [1.82, 2.24) is 10.2 Å². The Bertz CT molecular complexity index is 331. The Morgan fingerprint density at radius 2 is 1.85 bits per heavy atom. The summed E-state index contributed by atoms with van der Waals surface area (Å²) in [7, 11) is 0. The van der Waals surface area contributed by atoms with Crippen molar-refractivity contribution >= 4 is 0 Å². The van der Waals surface area contributed by atoms with Gasteiger partial charge in [0.1, 0.15) is 0 Å². The predicted molar refractivity (Wildman–Crippen MR) is 52.0 cm³/mol. The van der Waals surface area contributed by atoms with Crippen LogP contribution in [0.2, 0.25) is 0 Å². The van der Waals surface area contributed by atoms with E-state index in [4.69, 9.17) is 0 Å². The average molecular weight is 180 g/mol. The van der Waals surface area contributed by atoms with E-state index in [9.17, 15) is 4.79 Å². The molecular weight excluding hydrogens is 164 g/mol. The Morgan fingerprint density at radius 3 is 2.38 bits per heavy atom. The molecule has 1 aliphatic carbocycles. The topological polar surface area (TPSA) is 48.6 Å². The zero-order valence-electron chi connectivity index (χ0n) is 8.02. The van der Waals surface area contributed by atoms with Gasteiger partial charge in [0, 0.05) is 17.2 Å². The second-order valence-corrected chi connectivity index (χ2v) is 3.95. The van der Waals surface area contributed by atoms with Crippen LogP contribution >= 0.6 is 0 Å². The molecule has 2 rings (SSSR count). The highest BCUT2D eigenvalue weighted by atomic mass is 16.1. The van der Waals surface area contributed by atoms with E-state index in [1.165, 1.54) is 32.1 Å². The summed E-state index contributed by atoms with van der Waals surface area (Å²) >= 11 is 0. The van der Waals surface area contributed by atoms with Crippen molar-refractivity contribution in [2.24, 2.45) is 0 Å². The SMILES string of the molecule is Cc1c(C2CCCCC2)[nH][nH]c1=O. The van der Waals surface area contributed by atoms with Crippen molar-refractivity contribution in [2.45, 2.75) is 44.9 Å². The maximum atomic E-state index is 11.2. The number of aromatic nitrogens is 2. The number of nitrogens with one attached hydrogen (secondary N) is 2. The number of rotatable bonds is 1. The van der Waals surface area contributed by atoms with Crippen LogP contribution in [0.3, 0.4) is 0 Å². The van der Waals surface area contributed by atoms with Gasteiger partial charge in [0.25, 0.3) is 5.56 Å². The number of aromatic amines is 2. The molecule has 72 valence electrons. The first-order valence-electron chi connectivity index (χ1n) is 5.06. The minimum atomic E-state index is 0.0422. The summed E-state index contributed by atoms with van der Waals surface area (Å²) in [5.74, 6) is 0.590. The van der Waals surface area contributed by atoms with Crippen LogP contribution in [0, 0.1) is 6.92 Å². The van der Waals surface area contributed by atoms with E-state index < -0.39 is 0 Å². The fourth-order valence-corrected chi connectivity index (χ4v) is 2.23. The zero-order chi connectivity index (χ0) is 9.26. The molecule has 0 saturated heterocycles. The summed E-state index contributed by atoms with van der Waals surface area (Å²) in [6.45, 7) is 1.90. The summed E-state index contributed by atoms with van der Waals surface area (Å²) in [5.41, 5.74) is 2.07. The maximum Gasteiger partial charge on any atom is 0.267 e. The molecule has 1 heterocycles. The summed E-state index contributed by atoms with van der Waals surface area (Å²) in [6, 6.07) is 0. The molecule has 13 heavy (non-hydrogen) atoms. The van der Waals surface area contributed by atoms with Crippen molar-refractivity contribution in [3.63, 3.8) is 0 Å². The standard InChI is InChI=1S/C10H16N2O/c1-7-9(11-12-10(7)13)8-5-3-2-4-6-8/h8H,2-6H2,1H3,(H2,11,12,13). The molecule has 1 fully saturated rings. The van der Waals surface area contributed by atoms with Crippen LogP contribution < -0.4 is 5.56 Å². The number of hydrogen-bond acceptors (Lipinski definition) is 1. The largest absolute Gasteiger partial charge is 0.302 e. The molecule has 0 amide bonds. The van der Waals surface area contributed by atoms with Crippen molar-refractivity contribution < 1.29 is 0 Å². The van der Waals surface area contributed by atoms with Gasteiger partial charge >= 0.3 is 0 Å². The summed E-state index contributed by atoms with van der Waals surface area (Å²) in [5, 5.41) is 5.66. The molecule has 0 unspecified atom stereocenters. The van der Waals surface area contributed by atoms with Crippen LogP contribution in [0.4, 0.5) is 0 Å². The van der Waals surface area contributed by atoms with Crippen molar-refractivity contribution in [1.29, 1.82) is 0 Å². The van der Waals surface area contributed by atoms with Gasteiger partial charge in [-0.05, 0) is 19.8 Å². The molecule has 0 atom stereocenters. The van der Waals surface area contributed by atoms with Gasteiger partial charge in [0.15, 0.2) is 0 Å². The Balaban J connectivity index is 2.23. The molecule has 1 aromatic rings. The van der Waals surface area contributed by atoms with E-state index in [-0.39, 0.29) is 5.56 Å². The highest BCUT2D eigenvalue weighted by Gasteiger charge is 2.19. The van der Waals surface area contributed by atoms with Gasteiger partial charge in [0.2, 0.25) is 0 Å². The van der Waals surface area contributed by atoms with Gasteiger partial charge in [-0.2, -0.15) is 0 Å². The maximum absolute atomic E-state index is 11.2. The molecule has 3 heteroatoms. The van der Waals surface area contributed by atoms with Crippen LogP contribution in [0.5, 0.6) is 0 Å². The van der Waals surface area contributed by atoms with Crippen LogP contribution in [0.25, 0.3) is 0 Å². The Labute approximate surface area is 77.5 Å². The lowest BCUT2D eigenvalue weighted by atomic mass is 9.86. The molecule has 0 spiro atoms. The van der Waals surface area contributed by atoms with E-state index in [1.54, 1.807) is 0 Å². The van der Waals surface area contributed by atoms with Gasteiger partial charge in [0.05, 0.1) is 0 Å². The predicted octanol–water partition coefficient (Wildman–Crippen LogP) is 2.06. The lowest BCUT2D eigenvalue weighted by Gasteiger charge is -2.20. The minimum Gasteiger partial charge on any atom is -0.302 e. The first kappa shape index (κ1) is 8.60. The highest BCUT2D eigenvalue weighted by molar-refractivity contribution is 5.19. The molecule has 0 bridgehead atoms. The second kappa shape index (κ2) is 3.40. The third-order valence-corrected chi connectivity index (χ3v) is 3.07. The van der Waals surface area contributed by atoms with E-state index in [1.807, 2.05) is 6.92 Å². The molecule has 0 aromatic carbocycles. The molecule has 1 aromatic heterocycles. The van der Waals surface area contributed by atoms with Crippen molar-refractivity contribution in [3.05, 3.63) is 21.6 Å². The smallest absolute Gasteiger partial charge is 0.267 e. The van der Waals surface area contributed by atoms with Gasteiger partial charge in [-0.1, -0.05) is 19.3 Å². The fraction of sp³-hybridized carbons (Fsp3) is 0.700. The lowest BCUT2D eigenvalue weighted by molar-refractivity contribution is 0.435. The Kier molecular flexibility index (Phi) is 2.25. The van der Waals surface area contributed by atoms with Crippen LogP contribution in [-0.2, 0) is 0 Å². The zero-order valence-corrected chi connectivity index (χ0v) is 8.02. The molecular formula is C10H16N2O.